The van der Waals surface area contributed by atoms with Crippen LogP contribution in [0.15, 0.2) is 23.0 Å². The molecule has 1 unspecified atom stereocenters. The van der Waals surface area contributed by atoms with Gasteiger partial charge < -0.3 is 14.7 Å². The van der Waals surface area contributed by atoms with Gasteiger partial charge in [0.1, 0.15) is 6.10 Å². The van der Waals surface area contributed by atoms with Crippen molar-refractivity contribution < 1.29 is 9.84 Å². The molecule has 0 radical (unpaired) electrons. The molecule has 190 valence electrons. The molecule has 6 aliphatic rings. The van der Waals surface area contributed by atoms with Crippen LogP contribution in [0, 0.1) is 40.4 Å². The number of ether oxygens (including phenoxy) is 1. The van der Waals surface area contributed by atoms with Gasteiger partial charge >= 0.3 is 0 Å². The lowest BCUT2D eigenvalue weighted by molar-refractivity contribution is -0.0454. The van der Waals surface area contributed by atoms with Gasteiger partial charge in [-0.25, -0.2) is 0 Å². The van der Waals surface area contributed by atoms with Crippen LogP contribution in [0.3, 0.4) is 0 Å². The van der Waals surface area contributed by atoms with E-state index in [0.29, 0.717) is 22.9 Å². The fraction of sp³-hybridized carbons (Fsp3) is 0.871. The summed E-state index contributed by atoms with van der Waals surface area (Å²) >= 11 is 0. The van der Waals surface area contributed by atoms with Crippen LogP contribution in [0.1, 0.15) is 98.3 Å². The quantitative estimate of drug-likeness (QED) is 0.456. The van der Waals surface area contributed by atoms with E-state index in [0.717, 1.165) is 42.9 Å². The molecule has 4 fully saturated rings. The predicted molar refractivity (Wildman–Crippen MR) is 138 cm³/mol. The minimum absolute atomic E-state index is 0.103. The third-order valence-corrected chi connectivity index (χ3v) is 11.9. The number of likely N-dealkylation sites (tertiary alicyclic amines) is 1. The minimum atomic E-state index is -0.103. The molecule has 4 aliphatic carbocycles. The largest absolute Gasteiger partial charge is 0.494 e. The summed E-state index contributed by atoms with van der Waals surface area (Å²) in [5.41, 5.74) is 3.95. The molecule has 0 aromatic rings. The van der Waals surface area contributed by atoms with Crippen LogP contribution in [0.25, 0.3) is 0 Å². The van der Waals surface area contributed by atoms with E-state index in [1.54, 1.807) is 11.1 Å². The van der Waals surface area contributed by atoms with Gasteiger partial charge in [-0.1, -0.05) is 32.4 Å². The standard InChI is InChI=1S/C31H49NO2/c1-20(19-32-15-5-6-16-32)7-10-27-21(2)29-28(34-27)18-26-24-9-8-22-17-23(33)11-13-30(22,3)25(24)12-14-31(26,29)4/h8,20,23-26,28-29,33H,5-7,9-19H2,1-4H3/t20?,23-,24+,25-,26-,28-,29-,30-,31-/m0/s1. The average Bonchev–Trinajstić information content (AvgIpc) is 3.49. The van der Waals surface area contributed by atoms with Crippen molar-refractivity contribution in [3.05, 3.63) is 23.0 Å². The number of fused-ring (bicyclic) bond motifs is 7. The van der Waals surface area contributed by atoms with Crippen LogP contribution in [0.2, 0.25) is 0 Å². The molecule has 2 aliphatic heterocycles. The SMILES string of the molecule is CC1=C(CCC(C)CN2CCCC2)O[C@H]2C[C@H]3[C@@H]4CC=C5C[C@@H](O)CC[C@]5(C)[C@H]4CC[C@]3(C)[C@@H]12. The molecule has 0 amide bonds. The molecule has 1 N–H and O–H groups in total. The Hall–Kier alpha value is -0.800. The van der Waals surface area contributed by atoms with Crippen LogP contribution in [-0.2, 0) is 4.74 Å². The van der Waals surface area contributed by atoms with Crippen molar-refractivity contribution >= 4 is 0 Å². The van der Waals surface area contributed by atoms with Crippen molar-refractivity contribution in [1.29, 1.82) is 0 Å². The van der Waals surface area contributed by atoms with Crippen LogP contribution in [-0.4, -0.2) is 41.8 Å². The van der Waals surface area contributed by atoms with Crippen molar-refractivity contribution in [2.24, 2.45) is 40.4 Å². The Morgan fingerprint density at radius 2 is 1.94 bits per heavy atom. The lowest BCUT2D eigenvalue weighted by Crippen LogP contribution is -2.50. The number of aliphatic hydroxyl groups excluding tert-OH is 1. The summed E-state index contributed by atoms with van der Waals surface area (Å²) in [5.74, 6) is 5.20. The molecule has 34 heavy (non-hydrogen) atoms. The normalized spacial score (nSPS) is 46.9. The third-order valence-electron chi connectivity index (χ3n) is 11.9. The molecule has 9 atom stereocenters. The van der Waals surface area contributed by atoms with E-state index in [9.17, 15) is 5.11 Å². The molecule has 0 aromatic heterocycles. The summed E-state index contributed by atoms with van der Waals surface area (Å²) in [6.07, 6.45) is 16.5. The minimum Gasteiger partial charge on any atom is -0.494 e. The highest BCUT2D eigenvalue weighted by atomic mass is 16.5. The molecular formula is C31H49NO2. The fourth-order valence-electron chi connectivity index (χ4n) is 10.1. The first-order valence-corrected chi connectivity index (χ1v) is 14.8. The van der Waals surface area contributed by atoms with Crippen LogP contribution >= 0.6 is 0 Å². The van der Waals surface area contributed by atoms with Gasteiger partial charge in [0.2, 0.25) is 0 Å². The van der Waals surface area contributed by atoms with Gasteiger partial charge in [-0.05, 0) is 124 Å². The molecular weight excluding hydrogens is 418 g/mol. The number of nitrogens with zero attached hydrogens (tertiary/aromatic N) is 1. The molecule has 0 bridgehead atoms. The van der Waals surface area contributed by atoms with Gasteiger partial charge in [-0.15, -0.1) is 0 Å². The molecule has 6 rings (SSSR count). The molecule has 1 saturated heterocycles. The maximum Gasteiger partial charge on any atom is 0.106 e. The van der Waals surface area contributed by atoms with E-state index >= 15 is 0 Å². The second-order valence-corrected chi connectivity index (χ2v) is 13.8. The molecule has 0 aromatic carbocycles. The Balaban J connectivity index is 1.16. The van der Waals surface area contributed by atoms with E-state index in [-0.39, 0.29) is 6.10 Å². The molecule has 3 heteroatoms. The first-order valence-electron chi connectivity index (χ1n) is 14.8. The first kappa shape index (κ1) is 23.6. The summed E-state index contributed by atoms with van der Waals surface area (Å²) < 4.78 is 6.82. The number of hydrogen-bond donors (Lipinski definition) is 1. The van der Waals surface area contributed by atoms with E-state index in [2.05, 4.69) is 38.7 Å². The molecule has 2 heterocycles. The van der Waals surface area contributed by atoms with Crippen LogP contribution in [0.5, 0.6) is 0 Å². The average molecular weight is 468 g/mol. The highest BCUT2D eigenvalue weighted by molar-refractivity contribution is 5.30. The lowest BCUT2D eigenvalue weighted by atomic mass is 9.47. The Morgan fingerprint density at radius 3 is 2.74 bits per heavy atom. The van der Waals surface area contributed by atoms with E-state index in [1.165, 1.54) is 76.8 Å². The number of allylic oxidation sites excluding steroid dienone is 2. The van der Waals surface area contributed by atoms with Crippen LogP contribution < -0.4 is 0 Å². The molecule has 0 spiro atoms. The van der Waals surface area contributed by atoms with Gasteiger partial charge in [-0.2, -0.15) is 0 Å². The topological polar surface area (TPSA) is 32.7 Å². The Kier molecular flexibility index (Phi) is 6.00. The van der Waals surface area contributed by atoms with Crippen LogP contribution in [0.4, 0.5) is 0 Å². The third kappa shape index (κ3) is 3.66. The molecule has 3 nitrogen and oxygen atoms in total. The van der Waals surface area contributed by atoms with Crippen molar-refractivity contribution in [3.8, 4) is 0 Å². The summed E-state index contributed by atoms with van der Waals surface area (Å²) in [5, 5.41) is 10.3. The van der Waals surface area contributed by atoms with Gasteiger partial charge in [0.15, 0.2) is 0 Å². The Labute approximate surface area is 208 Å². The van der Waals surface area contributed by atoms with E-state index in [1.807, 2.05) is 0 Å². The van der Waals surface area contributed by atoms with Crippen molar-refractivity contribution in [1.82, 2.24) is 4.90 Å². The van der Waals surface area contributed by atoms with E-state index in [4.69, 9.17) is 4.74 Å². The zero-order valence-corrected chi connectivity index (χ0v) is 22.3. The monoisotopic (exact) mass is 467 g/mol. The second kappa shape index (κ2) is 8.65. The Morgan fingerprint density at radius 1 is 1.15 bits per heavy atom. The summed E-state index contributed by atoms with van der Waals surface area (Å²) in [4.78, 5) is 2.66. The van der Waals surface area contributed by atoms with Crippen molar-refractivity contribution in [3.63, 3.8) is 0 Å². The highest BCUT2D eigenvalue weighted by Gasteiger charge is 2.63. The van der Waals surface area contributed by atoms with Gasteiger partial charge in [0.25, 0.3) is 0 Å². The molecule has 3 saturated carbocycles. The Bertz CT molecular complexity index is 855. The van der Waals surface area contributed by atoms with Gasteiger partial charge in [0.05, 0.1) is 11.9 Å². The maximum absolute atomic E-state index is 10.3. The number of rotatable bonds is 5. The lowest BCUT2D eigenvalue weighted by Gasteiger charge is -2.57. The second-order valence-electron chi connectivity index (χ2n) is 13.8. The summed E-state index contributed by atoms with van der Waals surface area (Å²) in [6.45, 7) is 13.9. The fourth-order valence-corrected chi connectivity index (χ4v) is 10.1. The van der Waals surface area contributed by atoms with Gasteiger partial charge in [0, 0.05) is 18.9 Å². The van der Waals surface area contributed by atoms with Crippen molar-refractivity contribution in [2.75, 3.05) is 19.6 Å². The first-order chi connectivity index (χ1) is 16.3. The number of aliphatic hydroxyl groups is 1. The van der Waals surface area contributed by atoms with Crippen molar-refractivity contribution in [2.45, 2.75) is 111 Å². The van der Waals surface area contributed by atoms with E-state index < -0.39 is 0 Å². The highest BCUT2D eigenvalue weighted by Crippen LogP contribution is 2.68. The zero-order chi connectivity index (χ0) is 23.7. The predicted octanol–water partition coefficient (Wildman–Crippen LogP) is 6.72. The maximum atomic E-state index is 10.3. The summed E-state index contributed by atoms with van der Waals surface area (Å²) in [7, 11) is 0. The smallest absolute Gasteiger partial charge is 0.106 e. The number of hydrogen-bond acceptors (Lipinski definition) is 3. The zero-order valence-electron chi connectivity index (χ0n) is 22.3. The van der Waals surface area contributed by atoms with Gasteiger partial charge in [-0.3, -0.25) is 0 Å². The summed E-state index contributed by atoms with van der Waals surface area (Å²) in [6, 6.07) is 0.